The minimum absolute atomic E-state index is 0.240. The van der Waals surface area contributed by atoms with Gasteiger partial charge in [0.2, 0.25) is 0 Å². The molecule has 3 nitrogen and oxygen atoms in total. The number of aryl methyl sites for hydroxylation is 1. The van der Waals surface area contributed by atoms with Crippen molar-refractivity contribution in [1.29, 1.82) is 0 Å². The number of nitrogens with two attached hydrogens (primary N) is 1. The Balaban J connectivity index is 1.90. The topological polar surface area (TPSA) is 48.1 Å². The number of ether oxygens (including phenoxy) is 1. The van der Waals surface area contributed by atoms with Gasteiger partial charge in [0, 0.05) is 17.3 Å². The van der Waals surface area contributed by atoms with Crippen LogP contribution < -0.4 is 10.5 Å². The fourth-order valence-corrected chi connectivity index (χ4v) is 2.26. The fraction of sp³-hybridized carbons (Fsp3) is 0.118. The lowest BCUT2D eigenvalue weighted by Crippen LogP contribution is -2.00. The van der Waals surface area contributed by atoms with Crippen molar-refractivity contribution < 1.29 is 9.13 Å². The van der Waals surface area contributed by atoms with Gasteiger partial charge in [-0.25, -0.2) is 4.39 Å². The summed E-state index contributed by atoms with van der Waals surface area (Å²) in [6, 6.07) is 12.0. The molecule has 3 aromatic rings. The van der Waals surface area contributed by atoms with E-state index in [0.29, 0.717) is 18.0 Å². The lowest BCUT2D eigenvalue weighted by Gasteiger charge is -2.11. The van der Waals surface area contributed by atoms with Crippen molar-refractivity contribution in [3.05, 3.63) is 65.6 Å². The van der Waals surface area contributed by atoms with Crippen molar-refractivity contribution in [3.8, 4) is 5.75 Å². The Labute approximate surface area is 122 Å². The minimum Gasteiger partial charge on any atom is -0.487 e. The number of nitrogen functional groups attached to an aromatic ring is 1. The lowest BCUT2D eigenvalue weighted by atomic mass is 10.1. The van der Waals surface area contributed by atoms with Gasteiger partial charge in [0.05, 0.1) is 0 Å². The second kappa shape index (κ2) is 5.40. The summed E-state index contributed by atoms with van der Waals surface area (Å²) in [4.78, 5) is 4.33. The Morgan fingerprint density at radius 2 is 2.05 bits per heavy atom. The molecular weight excluding hydrogens is 267 g/mol. The molecule has 2 aromatic carbocycles. The first-order valence-electron chi connectivity index (χ1n) is 6.66. The molecule has 0 radical (unpaired) electrons. The predicted octanol–water partition coefficient (Wildman–Crippen LogP) is 3.84. The summed E-state index contributed by atoms with van der Waals surface area (Å²) >= 11 is 0. The maximum absolute atomic E-state index is 13.1. The fourth-order valence-electron chi connectivity index (χ4n) is 2.26. The Hall–Kier alpha value is -2.62. The van der Waals surface area contributed by atoms with Crippen molar-refractivity contribution in [1.82, 2.24) is 4.98 Å². The second-order valence-corrected chi connectivity index (χ2v) is 4.91. The highest BCUT2D eigenvalue weighted by atomic mass is 19.1. The average molecular weight is 282 g/mol. The van der Waals surface area contributed by atoms with Crippen LogP contribution in [0.1, 0.15) is 11.1 Å². The van der Waals surface area contributed by atoms with Gasteiger partial charge in [-0.1, -0.05) is 6.07 Å². The summed E-state index contributed by atoms with van der Waals surface area (Å²) in [5, 5.41) is 0.867. The van der Waals surface area contributed by atoms with Gasteiger partial charge < -0.3 is 10.5 Å². The Bertz CT molecular complexity index is 802. The summed E-state index contributed by atoms with van der Waals surface area (Å²) in [6.45, 7) is 2.23. The van der Waals surface area contributed by atoms with E-state index < -0.39 is 0 Å². The van der Waals surface area contributed by atoms with Crippen LogP contribution in [0.2, 0.25) is 0 Å². The number of fused-ring (bicyclic) bond motifs is 1. The molecule has 0 amide bonds. The lowest BCUT2D eigenvalue weighted by molar-refractivity contribution is 0.308. The molecule has 0 aliphatic heterocycles. The normalized spacial score (nSPS) is 10.8. The SMILES string of the molecule is Cc1cc(F)ccc1COc1ccc(N)c2cccnc12. The van der Waals surface area contributed by atoms with Crippen LogP contribution in [-0.2, 0) is 6.61 Å². The summed E-state index contributed by atoms with van der Waals surface area (Å²) in [7, 11) is 0. The van der Waals surface area contributed by atoms with E-state index in [1.165, 1.54) is 12.1 Å². The molecule has 0 fully saturated rings. The van der Waals surface area contributed by atoms with Gasteiger partial charge in [-0.3, -0.25) is 4.98 Å². The number of halogens is 1. The minimum atomic E-state index is -0.240. The van der Waals surface area contributed by atoms with E-state index in [1.807, 2.05) is 25.1 Å². The molecule has 1 aromatic heterocycles. The number of pyridine rings is 1. The number of anilines is 1. The van der Waals surface area contributed by atoms with E-state index in [2.05, 4.69) is 4.98 Å². The van der Waals surface area contributed by atoms with Crippen LogP contribution in [-0.4, -0.2) is 4.98 Å². The zero-order valence-electron chi connectivity index (χ0n) is 11.6. The molecule has 1 heterocycles. The average Bonchev–Trinajstić information content (AvgIpc) is 2.48. The molecule has 0 unspecified atom stereocenters. The molecule has 0 spiro atoms. The van der Waals surface area contributed by atoms with Gasteiger partial charge in [-0.05, 0) is 54.4 Å². The highest BCUT2D eigenvalue weighted by Crippen LogP contribution is 2.28. The number of aromatic nitrogens is 1. The molecule has 0 aliphatic rings. The summed E-state index contributed by atoms with van der Waals surface area (Å²) < 4.78 is 18.9. The monoisotopic (exact) mass is 282 g/mol. The van der Waals surface area contributed by atoms with E-state index in [1.54, 1.807) is 18.3 Å². The van der Waals surface area contributed by atoms with Crippen molar-refractivity contribution >= 4 is 16.6 Å². The third-order valence-corrected chi connectivity index (χ3v) is 3.45. The molecule has 2 N–H and O–H groups in total. The van der Waals surface area contributed by atoms with E-state index in [-0.39, 0.29) is 5.82 Å². The van der Waals surface area contributed by atoms with Crippen LogP contribution in [0.15, 0.2) is 48.7 Å². The number of benzene rings is 2. The molecule has 3 rings (SSSR count). The first-order valence-corrected chi connectivity index (χ1v) is 6.66. The molecule has 21 heavy (non-hydrogen) atoms. The molecule has 106 valence electrons. The molecular formula is C17H15FN2O. The van der Waals surface area contributed by atoms with Gasteiger partial charge in [-0.15, -0.1) is 0 Å². The Morgan fingerprint density at radius 1 is 1.19 bits per heavy atom. The summed E-state index contributed by atoms with van der Waals surface area (Å²) in [6.07, 6.45) is 1.71. The van der Waals surface area contributed by atoms with Crippen LogP contribution in [0, 0.1) is 12.7 Å². The summed E-state index contributed by atoms with van der Waals surface area (Å²) in [5.74, 6) is 0.430. The van der Waals surface area contributed by atoms with Crippen molar-refractivity contribution in [2.75, 3.05) is 5.73 Å². The molecule has 0 atom stereocenters. The van der Waals surface area contributed by atoms with Crippen molar-refractivity contribution in [3.63, 3.8) is 0 Å². The predicted molar refractivity (Wildman–Crippen MR) is 81.6 cm³/mol. The number of hydrogen-bond donors (Lipinski definition) is 1. The second-order valence-electron chi connectivity index (χ2n) is 4.91. The standard InChI is InChI=1S/C17H15FN2O/c1-11-9-13(18)5-4-12(11)10-21-16-7-6-15(19)14-3-2-8-20-17(14)16/h2-9H,10,19H2,1H3. The highest BCUT2D eigenvalue weighted by Gasteiger charge is 2.07. The highest BCUT2D eigenvalue weighted by molar-refractivity contribution is 5.94. The van der Waals surface area contributed by atoms with Crippen LogP contribution in [0.4, 0.5) is 10.1 Å². The van der Waals surface area contributed by atoms with E-state index >= 15 is 0 Å². The molecule has 0 aliphatic carbocycles. The maximum atomic E-state index is 13.1. The smallest absolute Gasteiger partial charge is 0.146 e. The van der Waals surface area contributed by atoms with E-state index in [0.717, 1.165) is 22.0 Å². The molecule has 4 heteroatoms. The Kier molecular flexibility index (Phi) is 3.44. The number of hydrogen-bond acceptors (Lipinski definition) is 3. The summed E-state index contributed by atoms with van der Waals surface area (Å²) in [5.41, 5.74) is 9.14. The van der Waals surface area contributed by atoms with Crippen LogP contribution in [0.3, 0.4) is 0 Å². The van der Waals surface area contributed by atoms with Gasteiger partial charge >= 0.3 is 0 Å². The third kappa shape index (κ3) is 2.65. The van der Waals surface area contributed by atoms with Crippen LogP contribution in [0.25, 0.3) is 10.9 Å². The van der Waals surface area contributed by atoms with E-state index in [4.69, 9.17) is 10.5 Å². The molecule has 0 bridgehead atoms. The number of nitrogens with zero attached hydrogens (tertiary/aromatic N) is 1. The van der Waals surface area contributed by atoms with Crippen LogP contribution in [0.5, 0.6) is 5.75 Å². The van der Waals surface area contributed by atoms with Gasteiger partial charge in [0.1, 0.15) is 23.7 Å². The van der Waals surface area contributed by atoms with Gasteiger partial charge in [0.15, 0.2) is 0 Å². The first kappa shape index (κ1) is 13.4. The zero-order valence-corrected chi connectivity index (χ0v) is 11.6. The largest absolute Gasteiger partial charge is 0.487 e. The van der Waals surface area contributed by atoms with Crippen molar-refractivity contribution in [2.24, 2.45) is 0 Å². The van der Waals surface area contributed by atoms with E-state index in [9.17, 15) is 4.39 Å². The quantitative estimate of drug-likeness (QED) is 0.742. The van der Waals surface area contributed by atoms with Crippen molar-refractivity contribution in [2.45, 2.75) is 13.5 Å². The maximum Gasteiger partial charge on any atom is 0.146 e. The van der Waals surface area contributed by atoms with Crippen LogP contribution >= 0.6 is 0 Å². The zero-order chi connectivity index (χ0) is 14.8. The Morgan fingerprint density at radius 3 is 2.86 bits per heavy atom. The van der Waals surface area contributed by atoms with Gasteiger partial charge in [0.25, 0.3) is 0 Å². The third-order valence-electron chi connectivity index (χ3n) is 3.45. The molecule has 0 saturated carbocycles. The number of rotatable bonds is 3. The van der Waals surface area contributed by atoms with Gasteiger partial charge in [-0.2, -0.15) is 0 Å². The first-order chi connectivity index (χ1) is 10.1. The molecule has 0 saturated heterocycles.